The number of carbonyl (C=O) groups is 1. The largest absolute Gasteiger partial charge is 0.481 e. The molecule has 1 atom stereocenters. The van der Waals surface area contributed by atoms with Crippen molar-refractivity contribution < 1.29 is 19.4 Å². The number of rotatable bonds is 6. The van der Waals surface area contributed by atoms with E-state index in [-0.39, 0.29) is 36.1 Å². The van der Waals surface area contributed by atoms with Gasteiger partial charge in [0.05, 0.1) is 29.9 Å². The van der Waals surface area contributed by atoms with Crippen LogP contribution in [0, 0.1) is 5.92 Å². The van der Waals surface area contributed by atoms with Crippen molar-refractivity contribution in [2.45, 2.75) is 45.1 Å². The van der Waals surface area contributed by atoms with Gasteiger partial charge in [0.2, 0.25) is 0 Å². The molecule has 0 aromatic rings. The number of carboxylic acids is 1. The van der Waals surface area contributed by atoms with Gasteiger partial charge < -0.3 is 20.1 Å². The average molecular weight is 462 g/mol. The molecular weight excluding hydrogens is 434 g/mol. The van der Waals surface area contributed by atoms with Gasteiger partial charge >= 0.3 is 5.97 Å². The Labute approximate surface area is 172 Å². The molecule has 2 saturated heterocycles. The number of piperidine rings is 2. The molecule has 0 aromatic heterocycles. The molecule has 152 valence electrons. The molecule has 2 fully saturated rings. The molecule has 3 rings (SSSR count). The van der Waals surface area contributed by atoms with Crippen molar-refractivity contribution in [1.29, 1.82) is 0 Å². The number of carboxylic acid groups (broad SMARTS) is 1. The number of hydrogen-bond acceptors (Lipinski definition) is 6. The molecule has 0 aliphatic carbocycles. The fourth-order valence-corrected chi connectivity index (χ4v) is 5.75. The molecule has 0 saturated carbocycles. The second-order valence-electron chi connectivity index (χ2n) is 6.96. The Hall–Kier alpha value is -0.990. The number of hydrogen-bond donors (Lipinski definition) is 2. The summed E-state index contributed by atoms with van der Waals surface area (Å²) in [6.45, 7) is 5.84. The topological polar surface area (TPSA) is 91.2 Å². The predicted octanol–water partition coefficient (Wildman–Crippen LogP) is 2.46. The van der Waals surface area contributed by atoms with Crippen LogP contribution in [-0.4, -0.2) is 65.1 Å². The van der Waals surface area contributed by atoms with Crippen molar-refractivity contribution in [2.24, 2.45) is 10.9 Å². The molecular formula is C18H28BrN3O4S. The zero-order chi connectivity index (χ0) is 18.5. The van der Waals surface area contributed by atoms with Crippen LogP contribution in [0.25, 0.3) is 0 Å². The Bertz CT molecular complexity index is 662. The highest BCUT2D eigenvalue weighted by Crippen LogP contribution is 2.43. The van der Waals surface area contributed by atoms with E-state index < -0.39 is 16.5 Å². The highest BCUT2D eigenvalue weighted by atomic mass is 79.9. The quantitative estimate of drug-likeness (QED) is 0.590. The van der Waals surface area contributed by atoms with Crippen molar-refractivity contribution in [3.05, 3.63) is 10.7 Å². The van der Waals surface area contributed by atoms with Crippen LogP contribution in [-0.2, 0) is 14.3 Å². The van der Waals surface area contributed by atoms with E-state index in [9.17, 15) is 9.59 Å². The number of allylic oxidation sites excluding steroid dienone is 1. The molecule has 0 amide bonds. The third-order valence-electron chi connectivity index (χ3n) is 5.16. The minimum Gasteiger partial charge on any atom is -0.481 e. The third kappa shape index (κ3) is 5.51. The molecule has 3 aliphatic rings. The molecule has 1 unspecified atom stereocenters. The lowest BCUT2D eigenvalue weighted by molar-refractivity contribution is -0.138. The molecule has 27 heavy (non-hydrogen) atoms. The van der Waals surface area contributed by atoms with Crippen molar-refractivity contribution in [3.8, 4) is 0 Å². The fourth-order valence-electron chi connectivity index (χ4n) is 3.81. The number of halogens is 1. The second kappa shape index (κ2) is 10.5. The van der Waals surface area contributed by atoms with Crippen LogP contribution in [0.5, 0.6) is 0 Å². The summed E-state index contributed by atoms with van der Waals surface area (Å²) in [5.74, 6) is -0.451. The van der Waals surface area contributed by atoms with E-state index in [1.807, 2.05) is 6.92 Å². The number of carbonyl (C=O) groups excluding carboxylic acids is 1. The van der Waals surface area contributed by atoms with Crippen LogP contribution in [0.15, 0.2) is 15.7 Å². The summed E-state index contributed by atoms with van der Waals surface area (Å²) in [6.07, 6.45) is 3.89. The SMILES string of the molecule is Br.CC1=C(N2CCC(OCCC(=O)O)CC2)S(=C=O)C(C2CCNCC2)=N1. The lowest BCUT2D eigenvalue weighted by Gasteiger charge is -2.35. The highest BCUT2D eigenvalue weighted by Gasteiger charge is 2.33. The van der Waals surface area contributed by atoms with E-state index in [0.29, 0.717) is 5.92 Å². The number of aliphatic carboxylic acids is 1. The Morgan fingerprint density at radius 1 is 1.33 bits per heavy atom. The van der Waals surface area contributed by atoms with Gasteiger partial charge in [-0.1, -0.05) is 0 Å². The predicted molar refractivity (Wildman–Crippen MR) is 112 cm³/mol. The van der Waals surface area contributed by atoms with Gasteiger partial charge in [-0.05, 0) is 56.2 Å². The Morgan fingerprint density at radius 2 is 2.00 bits per heavy atom. The summed E-state index contributed by atoms with van der Waals surface area (Å²) in [5, 5.41) is 16.4. The van der Waals surface area contributed by atoms with Crippen LogP contribution in [0.1, 0.15) is 39.0 Å². The minimum atomic E-state index is -0.831. The lowest BCUT2D eigenvalue weighted by atomic mass is 9.99. The average Bonchev–Trinajstić information content (AvgIpc) is 2.99. The fraction of sp³-hybridized carbons (Fsp3) is 0.722. The number of likely N-dealkylation sites (tertiary alicyclic amines) is 1. The summed E-state index contributed by atoms with van der Waals surface area (Å²) in [6, 6.07) is 0. The van der Waals surface area contributed by atoms with E-state index in [1.54, 1.807) is 0 Å². The minimum absolute atomic E-state index is 0. The van der Waals surface area contributed by atoms with Gasteiger partial charge in [-0.15, -0.1) is 17.0 Å². The first-order valence-electron chi connectivity index (χ1n) is 9.30. The molecule has 2 N–H and O–H groups in total. The molecule has 9 heteroatoms. The van der Waals surface area contributed by atoms with Gasteiger partial charge in [0, 0.05) is 19.0 Å². The third-order valence-corrected chi connectivity index (χ3v) is 7.11. The Kier molecular flexibility index (Phi) is 8.69. The molecule has 0 spiro atoms. The van der Waals surface area contributed by atoms with Crippen LogP contribution < -0.4 is 5.32 Å². The Morgan fingerprint density at radius 3 is 2.59 bits per heavy atom. The number of nitrogens with one attached hydrogen (secondary N) is 1. The standard InChI is InChI=1S/C18H27N3O4S.BrH/c1-13-18(21-9-4-15(5-10-21)25-11-6-16(23)24)26(12-22)17(20-13)14-2-7-19-8-3-14;/h14-15,19H,2-11H2,1H3,(H,23,24);1H. The maximum atomic E-state index is 11.8. The van der Waals surface area contributed by atoms with Crippen LogP contribution in [0.2, 0.25) is 0 Å². The Balaban J connectivity index is 0.00000261. The summed E-state index contributed by atoms with van der Waals surface area (Å²) < 4.78 is 5.67. The van der Waals surface area contributed by atoms with Crippen molar-refractivity contribution >= 4 is 43.7 Å². The zero-order valence-corrected chi connectivity index (χ0v) is 18.1. The van der Waals surface area contributed by atoms with E-state index in [2.05, 4.69) is 15.4 Å². The molecule has 0 bridgehead atoms. The van der Waals surface area contributed by atoms with Gasteiger partial charge in [-0.3, -0.25) is 4.79 Å². The molecule has 3 heterocycles. The first kappa shape index (κ1) is 22.3. The van der Waals surface area contributed by atoms with Crippen molar-refractivity contribution in [3.63, 3.8) is 0 Å². The van der Waals surface area contributed by atoms with Crippen LogP contribution in [0.4, 0.5) is 0 Å². The zero-order valence-electron chi connectivity index (χ0n) is 15.6. The highest BCUT2D eigenvalue weighted by molar-refractivity contribution is 8.93. The first-order chi connectivity index (χ1) is 12.6. The number of nitrogens with zero attached hydrogens (tertiary/aromatic N) is 2. The number of aliphatic imine (C=N–C) groups is 1. The molecule has 3 aliphatic heterocycles. The van der Waals surface area contributed by atoms with E-state index in [4.69, 9.17) is 14.8 Å². The first-order valence-corrected chi connectivity index (χ1v) is 10.5. The van der Waals surface area contributed by atoms with Gasteiger partial charge in [0.25, 0.3) is 0 Å². The van der Waals surface area contributed by atoms with E-state index in [0.717, 1.165) is 67.6 Å². The summed E-state index contributed by atoms with van der Waals surface area (Å²) in [4.78, 5) is 29.4. The maximum Gasteiger partial charge on any atom is 0.305 e. The summed E-state index contributed by atoms with van der Waals surface area (Å²) in [7, 11) is -0.654. The van der Waals surface area contributed by atoms with Gasteiger partial charge in [-0.2, -0.15) is 0 Å². The molecule has 0 radical (unpaired) electrons. The monoisotopic (exact) mass is 461 g/mol. The van der Waals surface area contributed by atoms with E-state index in [1.165, 1.54) is 0 Å². The normalized spacial score (nSPS) is 24.4. The molecule has 7 nitrogen and oxygen atoms in total. The maximum absolute atomic E-state index is 11.8. The van der Waals surface area contributed by atoms with Crippen molar-refractivity contribution in [1.82, 2.24) is 10.2 Å². The smallest absolute Gasteiger partial charge is 0.305 e. The van der Waals surface area contributed by atoms with Gasteiger partial charge in [0.15, 0.2) is 5.23 Å². The molecule has 0 aromatic carbocycles. The summed E-state index contributed by atoms with van der Waals surface area (Å²) >= 11 is 0. The van der Waals surface area contributed by atoms with Gasteiger partial charge in [0.1, 0.15) is 5.03 Å². The van der Waals surface area contributed by atoms with Crippen LogP contribution >= 0.6 is 27.5 Å². The van der Waals surface area contributed by atoms with Crippen molar-refractivity contribution in [2.75, 3.05) is 32.8 Å². The van der Waals surface area contributed by atoms with Crippen LogP contribution in [0.3, 0.4) is 0 Å². The lowest BCUT2D eigenvalue weighted by Crippen LogP contribution is -2.37. The number of ether oxygens (including phenoxy) is 1. The summed E-state index contributed by atoms with van der Waals surface area (Å²) in [5.41, 5.74) is 0.954. The second-order valence-corrected chi connectivity index (χ2v) is 8.54. The van der Waals surface area contributed by atoms with E-state index >= 15 is 0 Å². The van der Waals surface area contributed by atoms with Gasteiger partial charge in [-0.25, -0.2) is 9.79 Å².